The van der Waals surface area contributed by atoms with Gasteiger partial charge in [-0.3, -0.25) is 9.78 Å². The summed E-state index contributed by atoms with van der Waals surface area (Å²) in [5.74, 6) is 0.200. The van der Waals surface area contributed by atoms with Crippen molar-refractivity contribution in [1.82, 2.24) is 15.2 Å². The molecule has 3 aromatic rings. The zero-order valence-electron chi connectivity index (χ0n) is 16.8. The van der Waals surface area contributed by atoms with E-state index in [1.807, 2.05) is 48.6 Å². The van der Waals surface area contributed by atoms with Crippen LogP contribution in [0.2, 0.25) is 0 Å². The monoisotopic (exact) mass is 411 g/mol. The summed E-state index contributed by atoms with van der Waals surface area (Å²) in [7, 11) is 0. The van der Waals surface area contributed by atoms with Crippen LogP contribution in [0.1, 0.15) is 16.1 Å². The molecule has 2 aromatic carbocycles. The Morgan fingerprint density at radius 1 is 1.10 bits per heavy atom. The van der Waals surface area contributed by atoms with Gasteiger partial charge >= 0.3 is 6.03 Å². The topological polar surface area (TPSA) is 91.6 Å². The Morgan fingerprint density at radius 2 is 1.97 bits per heavy atom. The zero-order valence-corrected chi connectivity index (χ0v) is 16.8. The first-order chi connectivity index (χ1) is 15.1. The molecule has 0 radical (unpaired) electrons. The predicted octanol–water partition coefficient (Wildman–Crippen LogP) is 3.15. The molecular weight excluding hydrogens is 390 g/mol. The minimum Gasteiger partial charge on any atom is -0.367 e. The SMILES string of the molecule is NC(=O)c1cccc(N2C(=O)N(Cc3ccc4ccccc4n3)CC3=C2NCC=C3)c1. The molecule has 2 aliphatic rings. The lowest BCUT2D eigenvalue weighted by atomic mass is 10.1. The molecule has 3 N–H and O–H groups in total. The number of dihydropyridines is 1. The standard InChI is InChI=1S/C24H21N5O2/c25-22(30)17-6-3-8-20(13-17)29-23-18(7-4-12-26-23)14-28(24(29)31)15-19-11-10-16-5-1-2-9-21(16)27-19/h1-11,13,26H,12,14-15H2,(H2,25,30). The smallest absolute Gasteiger partial charge is 0.330 e. The van der Waals surface area contributed by atoms with Crippen molar-refractivity contribution in [3.8, 4) is 0 Å². The van der Waals surface area contributed by atoms with Crippen molar-refractivity contribution < 1.29 is 9.59 Å². The number of para-hydroxylation sites is 1. The van der Waals surface area contributed by atoms with Gasteiger partial charge in [-0.25, -0.2) is 9.69 Å². The van der Waals surface area contributed by atoms with Crippen molar-refractivity contribution in [2.45, 2.75) is 6.54 Å². The summed E-state index contributed by atoms with van der Waals surface area (Å²) in [6, 6.07) is 18.5. The van der Waals surface area contributed by atoms with E-state index in [4.69, 9.17) is 10.7 Å². The summed E-state index contributed by atoms with van der Waals surface area (Å²) in [5, 5.41) is 4.36. The highest BCUT2D eigenvalue weighted by Crippen LogP contribution is 2.29. The third-order valence-corrected chi connectivity index (χ3v) is 5.45. The Labute approximate surface area is 179 Å². The van der Waals surface area contributed by atoms with Crippen LogP contribution in [0.3, 0.4) is 0 Å². The van der Waals surface area contributed by atoms with Crippen LogP contribution >= 0.6 is 0 Å². The second kappa shape index (κ2) is 7.60. The number of nitrogens with zero attached hydrogens (tertiary/aromatic N) is 3. The van der Waals surface area contributed by atoms with Crippen LogP contribution in [-0.2, 0) is 6.54 Å². The molecule has 0 bridgehead atoms. The summed E-state index contributed by atoms with van der Waals surface area (Å²) >= 11 is 0. The van der Waals surface area contributed by atoms with Gasteiger partial charge in [-0.1, -0.05) is 42.5 Å². The van der Waals surface area contributed by atoms with Gasteiger partial charge in [-0.05, 0) is 30.3 Å². The summed E-state index contributed by atoms with van der Waals surface area (Å²) < 4.78 is 0. The molecule has 0 aliphatic carbocycles. The normalized spacial score (nSPS) is 15.8. The molecule has 7 heteroatoms. The molecule has 0 spiro atoms. The van der Waals surface area contributed by atoms with Gasteiger partial charge in [0, 0.05) is 23.1 Å². The summed E-state index contributed by atoms with van der Waals surface area (Å²) in [5.41, 5.74) is 9.11. The molecule has 0 fully saturated rings. The fraction of sp³-hybridized carbons (Fsp3) is 0.125. The number of aromatic nitrogens is 1. The number of primary amides is 1. The maximum atomic E-state index is 13.5. The van der Waals surface area contributed by atoms with E-state index in [0.717, 1.165) is 28.0 Å². The molecule has 3 heterocycles. The Bertz CT molecular complexity index is 1260. The predicted molar refractivity (Wildman–Crippen MR) is 119 cm³/mol. The molecule has 5 rings (SSSR count). The second-order valence-corrected chi connectivity index (χ2v) is 7.54. The number of nitrogens with two attached hydrogens (primary N) is 1. The van der Waals surface area contributed by atoms with E-state index >= 15 is 0 Å². The third-order valence-electron chi connectivity index (χ3n) is 5.45. The van der Waals surface area contributed by atoms with Crippen molar-refractivity contribution >= 4 is 28.5 Å². The molecule has 2 aliphatic heterocycles. The number of fused-ring (bicyclic) bond motifs is 1. The average molecular weight is 411 g/mol. The highest BCUT2D eigenvalue weighted by Gasteiger charge is 2.34. The molecule has 0 saturated carbocycles. The minimum absolute atomic E-state index is 0.182. The molecule has 0 unspecified atom stereocenters. The summed E-state index contributed by atoms with van der Waals surface area (Å²) in [4.78, 5) is 33.3. The molecule has 31 heavy (non-hydrogen) atoms. The number of carbonyl (C=O) groups is 2. The Balaban J connectivity index is 1.52. The number of urea groups is 1. The molecule has 0 saturated heterocycles. The van der Waals surface area contributed by atoms with Crippen molar-refractivity contribution in [2.75, 3.05) is 18.0 Å². The number of hydrogen-bond donors (Lipinski definition) is 2. The van der Waals surface area contributed by atoms with Crippen molar-refractivity contribution in [3.63, 3.8) is 0 Å². The minimum atomic E-state index is -0.533. The molecule has 7 nitrogen and oxygen atoms in total. The summed E-state index contributed by atoms with van der Waals surface area (Å²) in [6.07, 6.45) is 4.06. The van der Waals surface area contributed by atoms with Gasteiger partial charge in [-0.2, -0.15) is 0 Å². The fourth-order valence-corrected chi connectivity index (χ4v) is 3.96. The van der Waals surface area contributed by atoms with Crippen LogP contribution in [0.25, 0.3) is 10.9 Å². The largest absolute Gasteiger partial charge is 0.367 e. The first-order valence-electron chi connectivity index (χ1n) is 10.1. The van der Waals surface area contributed by atoms with Crippen LogP contribution < -0.4 is 16.0 Å². The van der Waals surface area contributed by atoms with Gasteiger partial charge in [0.25, 0.3) is 0 Å². The van der Waals surface area contributed by atoms with Crippen molar-refractivity contribution in [1.29, 1.82) is 0 Å². The van der Waals surface area contributed by atoms with Crippen LogP contribution in [0.5, 0.6) is 0 Å². The highest BCUT2D eigenvalue weighted by molar-refractivity contribution is 5.99. The van der Waals surface area contributed by atoms with E-state index in [-0.39, 0.29) is 6.03 Å². The quantitative estimate of drug-likeness (QED) is 0.690. The molecule has 0 atom stereocenters. The lowest BCUT2D eigenvalue weighted by molar-refractivity contribution is 0.1000. The highest BCUT2D eigenvalue weighted by atomic mass is 16.2. The second-order valence-electron chi connectivity index (χ2n) is 7.54. The van der Waals surface area contributed by atoms with Crippen molar-refractivity contribution in [3.05, 3.63) is 95.5 Å². The maximum Gasteiger partial charge on any atom is 0.330 e. The summed E-state index contributed by atoms with van der Waals surface area (Å²) in [6.45, 7) is 1.48. The van der Waals surface area contributed by atoms with Gasteiger partial charge in [-0.15, -0.1) is 0 Å². The van der Waals surface area contributed by atoms with E-state index in [1.165, 1.54) is 0 Å². The lowest BCUT2D eigenvalue weighted by Crippen LogP contribution is -2.52. The van der Waals surface area contributed by atoms with Gasteiger partial charge in [0.2, 0.25) is 5.91 Å². The Kier molecular flexibility index (Phi) is 4.63. The van der Waals surface area contributed by atoms with E-state index in [9.17, 15) is 9.59 Å². The number of rotatable bonds is 4. The van der Waals surface area contributed by atoms with Crippen LogP contribution in [-0.4, -0.2) is 34.9 Å². The number of hydrogen-bond acceptors (Lipinski definition) is 4. The first-order valence-corrected chi connectivity index (χ1v) is 10.1. The van der Waals surface area contributed by atoms with Crippen LogP contribution in [0.4, 0.5) is 10.5 Å². The number of anilines is 1. The molecule has 1 aromatic heterocycles. The lowest BCUT2D eigenvalue weighted by Gasteiger charge is -2.39. The Morgan fingerprint density at radius 3 is 2.84 bits per heavy atom. The molecule has 154 valence electrons. The number of amides is 3. The third kappa shape index (κ3) is 3.50. The van der Waals surface area contributed by atoms with E-state index in [1.54, 1.807) is 34.1 Å². The van der Waals surface area contributed by atoms with Crippen LogP contribution in [0, 0.1) is 0 Å². The Hall–Kier alpha value is -4.13. The maximum absolute atomic E-state index is 13.5. The van der Waals surface area contributed by atoms with E-state index in [2.05, 4.69) is 5.32 Å². The van der Waals surface area contributed by atoms with Crippen LogP contribution in [0.15, 0.2) is 84.2 Å². The van der Waals surface area contributed by atoms with Gasteiger partial charge in [0.15, 0.2) is 0 Å². The van der Waals surface area contributed by atoms with Crippen molar-refractivity contribution in [2.24, 2.45) is 5.73 Å². The molecular formula is C24H21N5O2. The van der Waals surface area contributed by atoms with Gasteiger partial charge in [0.1, 0.15) is 5.82 Å². The zero-order chi connectivity index (χ0) is 21.4. The van der Waals surface area contributed by atoms with E-state index in [0.29, 0.717) is 30.9 Å². The first kappa shape index (κ1) is 18.9. The fourth-order valence-electron chi connectivity index (χ4n) is 3.96. The van der Waals surface area contributed by atoms with E-state index < -0.39 is 5.91 Å². The number of nitrogens with one attached hydrogen (secondary N) is 1. The molecule has 3 amide bonds. The number of benzene rings is 2. The average Bonchev–Trinajstić information content (AvgIpc) is 2.79. The number of pyridine rings is 1. The number of carbonyl (C=O) groups excluding carboxylic acids is 2. The van der Waals surface area contributed by atoms with Gasteiger partial charge < -0.3 is 16.0 Å². The van der Waals surface area contributed by atoms with Gasteiger partial charge in [0.05, 0.1) is 30.0 Å².